The second-order valence-electron chi connectivity index (χ2n) is 9.02. The van der Waals surface area contributed by atoms with E-state index in [2.05, 4.69) is 28.0 Å². The number of nitrogens with zero attached hydrogens (tertiary/aromatic N) is 7. The number of para-hydroxylation sites is 6. The van der Waals surface area contributed by atoms with Crippen molar-refractivity contribution in [3.05, 3.63) is 103 Å². The van der Waals surface area contributed by atoms with Crippen LogP contribution < -0.4 is 4.90 Å². The molecule has 7 rings (SSSR count). The normalized spacial score (nSPS) is 13.0. The van der Waals surface area contributed by atoms with Crippen LogP contribution in [-0.2, 0) is 0 Å². The SMILES string of the molecule is CN1CC(c2cc(-c3cnc4ccccc4n3)cc(-c3cnc4ccccc4n3)n2)=Nc2ccccc21. The molecule has 0 unspecified atom stereocenters. The summed E-state index contributed by atoms with van der Waals surface area (Å²) in [6, 6.07) is 27.9. The molecule has 0 amide bonds. The van der Waals surface area contributed by atoms with Gasteiger partial charge in [-0.3, -0.25) is 9.97 Å². The van der Waals surface area contributed by atoms with E-state index in [1.807, 2.05) is 78.9 Å². The van der Waals surface area contributed by atoms with Crippen molar-refractivity contribution in [2.24, 2.45) is 4.99 Å². The molecule has 0 bridgehead atoms. The van der Waals surface area contributed by atoms with Gasteiger partial charge in [0.25, 0.3) is 0 Å². The molecule has 0 radical (unpaired) electrons. The van der Waals surface area contributed by atoms with E-state index in [1.165, 1.54) is 0 Å². The Labute approximate surface area is 213 Å². The third-order valence-electron chi connectivity index (χ3n) is 6.51. The average Bonchev–Trinajstić information content (AvgIpc) is 2.96. The van der Waals surface area contributed by atoms with Crippen LogP contribution >= 0.6 is 0 Å². The molecule has 6 aromatic rings. The van der Waals surface area contributed by atoms with Crippen molar-refractivity contribution >= 4 is 39.2 Å². The van der Waals surface area contributed by atoms with Gasteiger partial charge in [-0.15, -0.1) is 0 Å². The molecule has 37 heavy (non-hydrogen) atoms. The molecule has 0 saturated carbocycles. The van der Waals surface area contributed by atoms with Crippen LogP contribution in [0.3, 0.4) is 0 Å². The zero-order chi connectivity index (χ0) is 24.8. The molecule has 0 aliphatic carbocycles. The van der Waals surface area contributed by atoms with Gasteiger partial charge < -0.3 is 4.90 Å². The summed E-state index contributed by atoms with van der Waals surface area (Å²) in [7, 11) is 2.07. The highest BCUT2D eigenvalue weighted by Gasteiger charge is 2.20. The molecule has 7 nitrogen and oxygen atoms in total. The Morgan fingerprint density at radius 2 is 1.19 bits per heavy atom. The van der Waals surface area contributed by atoms with E-state index in [-0.39, 0.29) is 0 Å². The van der Waals surface area contributed by atoms with Gasteiger partial charge in [0, 0.05) is 12.6 Å². The van der Waals surface area contributed by atoms with E-state index >= 15 is 0 Å². The lowest BCUT2D eigenvalue weighted by molar-refractivity contribution is 1.03. The van der Waals surface area contributed by atoms with E-state index in [1.54, 1.807) is 12.4 Å². The number of hydrogen-bond donors (Lipinski definition) is 0. The summed E-state index contributed by atoms with van der Waals surface area (Å²) in [6.07, 6.45) is 3.58. The molecule has 3 aromatic carbocycles. The minimum Gasteiger partial charge on any atom is -0.367 e. The zero-order valence-corrected chi connectivity index (χ0v) is 20.1. The Hall–Kier alpha value is -5.04. The quantitative estimate of drug-likeness (QED) is 0.316. The predicted molar refractivity (Wildman–Crippen MR) is 147 cm³/mol. The van der Waals surface area contributed by atoms with E-state index in [0.717, 1.165) is 56.1 Å². The molecule has 0 atom stereocenters. The van der Waals surface area contributed by atoms with Crippen molar-refractivity contribution in [1.82, 2.24) is 24.9 Å². The number of benzene rings is 3. The Morgan fingerprint density at radius 1 is 0.595 bits per heavy atom. The van der Waals surface area contributed by atoms with Crippen molar-refractivity contribution in [3.63, 3.8) is 0 Å². The van der Waals surface area contributed by atoms with Gasteiger partial charge in [0.15, 0.2) is 0 Å². The first-order chi connectivity index (χ1) is 18.2. The summed E-state index contributed by atoms with van der Waals surface area (Å²) in [4.78, 5) is 31.2. The molecule has 3 aromatic heterocycles. The molecule has 1 aliphatic heterocycles. The molecule has 7 heteroatoms. The van der Waals surface area contributed by atoms with E-state index in [4.69, 9.17) is 19.9 Å². The lowest BCUT2D eigenvalue weighted by Gasteiger charge is -2.26. The number of hydrogen-bond acceptors (Lipinski definition) is 7. The van der Waals surface area contributed by atoms with Crippen LogP contribution in [0.15, 0.2) is 102 Å². The Balaban J connectivity index is 1.43. The van der Waals surface area contributed by atoms with Crippen molar-refractivity contribution in [2.75, 3.05) is 18.5 Å². The molecule has 0 fully saturated rings. The largest absolute Gasteiger partial charge is 0.367 e. The van der Waals surface area contributed by atoms with Gasteiger partial charge in [0.1, 0.15) is 5.69 Å². The summed E-state index contributed by atoms with van der Waals surface area (Å²) >= 11 is 0. The van der Waals surface area contributed by atoms with Crippen molar-refractivity contribution < 1.29 is 0 Å². The number of aromatic nitrogens is 5. The first kappa shape index (κ1) is 21.3. The van der Waals surface area contributed by atoms with Gasteiger partial charge in [-0.1, -0.05) is 36.4 Å². The maximum atomic E-state index is 5.02. The average molecular weight is 480 g/mol. The second-order valence-corrected chi connectivity index (χ2v) is 9.02. The summed E-state index contributed by atoms with van der Waals surface area (Å²) < 4.78 is 0. The molecular weight excluding hydrogens is 458 g/mol. The Kier molecular flexibility index (Phi) is 4.92. The number of rotatable bonds is 3. The number of anilines is 1. The van der Waals surface area contributed by atoms with Crippen molar-refractivity contribution in [1.29, 1.82) is 0 Å². The standard InChI is InChI=1S/C30H21N7/c1-37-18-29(35-24-12-6-7-13-30(24)37)26-15-19(27-16-31-20-8-2-4-10-22(20)33-27)14-25(36-26)28-17-32-21-9-3-5-11-23(21)34-28/h2-17H,18H2,1H3. The van der Waals surface area contributed by atoms with Crippen LogP contribution in [-0.4, -0.2) is 44.2 Å². The van der Waals surface area contributed by atoms with Gasteiger partial charge in [-0.2, -0.15) is 0 Å². The van der Waals surface area contributed by atoms with Gasteiger partial charge >= 0.3 is 0 Å². The molecule has 1 aliphatic rings. The summed E-state index contributed by atoms with van der Waals surface area (Å²) in [5.74, 6) is 0. The fourth-order valence-corrected chi connectivity index (χ4v) is 4.64. The minimum atomic E-state index is 0.639. The summed E-state index contributed by atoms with van der Waals surface area (Å²) in [6.45, 7) is 0.639. The molecule has 176 valence electrons. The predicted octanol–water partition coefficient (Wildman–Crippen LogP) is 5.87. The Morgan fingerprint density at radius 3 is 1.95 bits per heavy atom. The van der Waals surface area contributed by atoms with Crippen LogP contribution in [0.4, 0.5) is 11.4 Å². The highest BCUT2D eigenvalue weighted by molar-refractivity contribution is 6.07. The number of pyridine rings is 1. The fraction of sp³-hybridized carbons (Fsp3) is 0.0667. The van der Waals surface area contributed by atoms with Crippen LogP contribution in [0, 0.1) is 0 Å². The lowest BCUT2D eigenvalue weighted by Crippen LogP contribution is -2.29. The zero-order valence-electron chi connectivity index (χ0n) is 20.1. The van der Waals surface area contributed by atoms with E-state index in [0.29, 0.717) is 17.9 Å². The number of likely N-dealkylation sites (N-methyl/N-ethyl adjacent to an activating group) is 1. The topological polar surface area (TPSA) is 80.0 Å². The molecule has 0 spiro atoms. The maximum absolute atomic E-state index is 5.02. The third-order valence-corrected chi connectivity index (χ3v) is 6.51. The van der Waals surface area contributed by atoms with E-state index in [9.17, 15) is 0 Å². The minimum absolute atomic E-state index is 0.639. The van der Waals surface area contributed by atoms with Crippen LogP contribution in [0.2, 0.25) is 0 Å². The van der Waals surface area contributed by atoms with Crippen LogP contribution in [0.25, 0.3) is 44.7 Å². The van der Waals surface area contributed by atoms with Crippen LogP contribution in [0.5, 0.6) is 0 Å². The highest BCUT2D eigenvalue weighted by atomic mass is 15.1. The molecule has 0 N–H and O–H groups in total. The first-order valence-corrected chi connectivity index (χ1v) is 12.1. The van der Waals surface area contributed by atoms with Gasteiger partial charge in [-0.05, 0) is 48.5 Å². The number of fused-ring (bicyclic) bond motifs is 3. The Bertz CT molecular complexity index is 1750. The molecule has 0 saturated heterocycles. The second kappa shape index (κ2) is 8.57. The first-order valence-electron chi connectivity index (χ1n) is 12.1. The maximum Gasteiger partial charge on any atom is 0.108 e. The van der Waals surface area contributed by atoms with Crippen LogP contribution in [0.1, 0.15) is 5.69 Å². The van der Waals surface area contributed by atoms with Gasteiger partial charge in [0.2, 0.25) is 0 Å². The lowest BCUT2D eigenvalue weighted by atomic mass is 10.1. The monoisotopic (exact) mass is 479 g/mol. The van der Waals surface area contributed by atoms with Gasteiger partial charge in [0.05, 0.1) is 75.2 Å². The third kappa shape index (κ3) is 3.87. The fourth-order valence-electron chi connectivity index (χ4n) is 4.64. The summed E-state index contributed by atoms with van der Waals surface area (Å²) in [5.41, 5.74) is 10.1. The van der Waals surface area contributed by atoms with Crippen molar-refractivity contribution in [3.8, 4) is 22.6 Å². The van der Waals surface area contributed by atoms with E-state index < -0.39 is 0 Å². The number of aliphatic imine (C=N–C) groups is 1. The molecule has 4 heterocycles. The van der Waals surface area contributed by atoms with Crippen molar-refractivity contribution in [2.45, 2.75) is 0 Å². The summed E-state index contributed by atoms with van der Waals surface area (Å²) in [5, 5.41) is 0. The smallest absolute Gasteiger partial charge is 0.108 e. The highest BCUT2D eigenvalue weighted by Crippen LogP contribution is 2.33. The molecular formula is C30H21N7. The van der Waals surface area contributed by atoms with Gasteiger partial charge in [-0.25, -0.2) is 19.9 Å².